The molecule has 114 valence electrons. The van der Waals surface area contributed by atoms with Crippen LogP contribution >= 0.6 is 0 Å². The van der Waals surface area contributed by atoms with Crippen LogP contribution in [-0.4, -0.2) is 53.3 Å². The normalized spacial score (nSPS) is 23.0. The average Bonchev–Trinajstić information content (AvgIpc) is 2.47. The number of carbonyl (C=O) groups is 2. The molecule has 2 aliphatic heterocycles. The zero-order valence-electron chi connectivity index (χ0n) is 12.5. The summed E-state index contributed by atoms with van der Waals surface area (Å²) in [7, 11) is 0. The molecule has 0 spiro atoms. The van der Waals surface area contributed by atoms with E-state index in [2.05, 4.69) is 0 Å². The van der Waals surface area contributed by atoms with Gasteiger partial charge in [0.1, 0.15) is 0 Å². The van der Waals surface area contributed by atoms with Crippen LogP contribution in [0.4, 0.5) is 0 Å². The SMILES string of the molecule is CCC[C@H](N)C(=O)N1CCC(N2CCCCC2=O)CC1. The molecule has 0 radical (unpaired) electrons. The number of likely N-dealkylation sites (tertiary alicyclic amines) is 2. The zero-order valence-corrected chi connectivity index (χ0v) is 12.5. The standard InChI is InChI=1S/C15H27N3O2/c1-2-5-13(16)15(20)17-10-7-12(8-11-17)18-9-4-3-6-14(18)19/h12-13H,2-11,16H2,1H3/t13-/m0/s1. The third-order valence-corrected chi connectivity index (χ3v) is 4.49. The van der Waals surface area contributed by atoms with Crippen LogP contribution in [-0.2, 0) is 9.59 Å². The monoisotopic (exact) mass is 281 g/mol. The van der Waals surface area contributed by atoms with E-state index in [1.165, 1.54) is 0 Å². The van der Waals surface area contributed by atoms with E-state index in [1.807, 2.05) is 16.7 Å². The molecule has 2 fully saturated rings. The molecule has 2 rings (SSSR count). The van der Waals surface area contributed by atoms with Crippen molar-refractivity contribution in [1.82, 2.24) is 9.80 Å². The number of piperidine rings is 2. The van der Waals surface area contributed by atoms with Gasteiger partial charge in [0.25, 0.3) is 0 Å². The lowest BCUT2D eigenvalue weighted by molar-refractivity contribution is -0.139. The Kier molecular flexibility index (Phi) is 5.40. The minimum atomic E-state index is -0.354. The van der Waals surface area contributed by atoms with Crippen LogP contribution in [0.3, 0.4) is 0 Å². The minimum Gasteiger partial charge on any atom is -0.341 e. The fraction of sp³-hybridized carbons (Fsp3) is 0.867. The number of amides is 2. The van der Waals surface area contributed by atoms with Gasteiger partial charge < -0.3 is 15.5 Å². The van der Waals surface area contributed by atoms with Crippen LogP contribution in [0, 0.1) is 0 Å². The van der Waals surface area contributed by atoms with Crippen molar-refractivity contribution in [3.8, 4) is 0 Å². The minimum absolute atomic E-state index is 0.0790. The molecule has 0 bridgehead atoms. The second-order valence-corrected chi connectivity index (χ2v) is 6.00. The number of nitrogens with zero attached hydrogens (tertiary/aromatic N) is 2. The van der Waals surface area contributed by atoms with Crippen molar-refractivity contribution in [2.75, 3.05) is 19.6 Å². The summed E-state index contributed by atoms with van der Waals surface area (Å²) in [5.41, 5.74) is 5.90. The summed E-state index contributed by atoms with van der Waals surface area (Å²) in [5, 5.41) is 0. The summed E-state index contributed by atoms with van der Waals surface area (Å²) in [5.74, 6) is 0.374. The van der Waals surface area contributed by atoms with Gasteiger partial charge in [0.15, 0.2) is 0 Å². The Labute approximate surface area is 121 Å². The van der Waals surface area contributed by atoms with Gasteiger partial charge >= 0.3 is 0 Å². The van der Waals surface area contributed by atoms with Gasteiger partial charge in [-0.15, -0.1) is 0 Å². The molecule has 2 N–H and O–H groups in total. The summed E-state index contributed by atoms with van der Waals surface area (Å²) in [6.45, 7) is 4.42. The highest BCUT2D eigenvalue weighted by atomic mass is 16.2. The van der Waals surface area contributed by atoms with Gasteiger partial charge in [0.05, 0.1) is 6.04 Å². The fourth-order valence-electron chi connectivity index (χ4n) is 3.28. The van der Waals surface area contributed by atoms with Crippen LogP contribution in [0.25, 0.3) is 0 Å². The first-order valence-electron chi connectivity index (χ1n) is 7.97. The topological polar surface area (TPSA) is 66.6 Å². The van der Waals surface area contributed by atoms with E-state index in [0.29, 0.717) is 18.4 Å². The van der Waals surface area contributed by atoms with Gasteiger partial charge in [-0.05, 0) is 32.1 Å². The predicted molar refractivity (Wildman–Crippen MR) is 78.0 cm³/mol. The van der Waals surface area contributed by atoms with Crippen molar-refractivity contribution in [1.29, 1.82) is 0 Å². The molecule has 0 unspecified atom stereocenters. The number of carbonyl (C=O) groups excluding carboxylic acids is 2. The van der Waals surface area contributed by atoms with Gasteiger partial charge in [-0.3, -0.25) is 9.59 Å². The quantitative estimate of drug-likeness (QED) is 0.839. The van der Waals surface area contributed by atoms with Crippen LogP contribution in [0.1, 0.15) is 51.9 Å². The fourth-order valence-corrected chi connectivity index (χ4v) is 3.28. The second-order valence-electron chi connectivity index (χ2n) is 6.00. The van der Waals surface area contributed by atoms with E-state index >= 15 is 0 Å². The van der Waals surface area contributed by atoms with Crippen LogP contribution < -0.4 is 5.73 Å². The van der Waals surface area contributed by atoms with Crippen molar-refractivity contribution >= 4 is 11.8 Å². The summed E-state index contributed by atoms with van der Waals surface area (Å²) < 4.78 is 0. The van der Waals surface area contributed by atoms with Gasteiger partial charge in [-0.2, -0.15) is 0 Å². The predicted octanol–water partition coefficient (Wildman–Crippen LogP) is 1.12. The Balaban J connectivity index is 1.82. The molecular weight excluding hydrogens is 254 g/mol. The van der Waals surface area contributed by atoms with Gasteiger partial charge in [0, 0.05) is 32.1 Å². The van der Waals surface area contributed by atoms with Crippen molar-refractivity contribution in [2.45, 2.75) is 64.0 Å². The maximum atomic E-state index is 12.2. The van der Waals surface area contributed by atoms with Crippen molar-refractivity contribution in [2.24, 2.45) is 5.73 Å². The average molecular weight is 281 g/mol. The molecule has 0 aromatic rings. The molecule has 2 amide bonds. The lowest BCUT2D eigenvalue weighted by Gasteiger charge is -2.40. The Morgan fingerprint density at radius 2 is 2.00 bits per heavy atom. The Hall–Kier alpha value is -1.10. The maximum absolute atomic E-state index is 12.2. The van der Waals surface area contributed by atoms with Crippen LogP contribution in [0.2, 0.25) is 0 Å². The molecule has 5 nitrogen and oxygen atoms in total. The van der Waals surface area contributed by atoms with Gasteiger partial charge in [0.2, 0.25) is 11.8 Å². The Morgan fingerprint density at radius 3 is 2.60 bits per heavy atom. The van der Waals surface area contributed by atoms with E-state index in [4.69, 9.17) is 5.73 Å². The molecule has 0 saturated carbocycles. The molecule has 1 atom stereocenters. The number of nitrogens with two attached hydrogens (primary N) is 1. The Bertz CT molecular complexity index is 351. The van der Waals surface area contributed by atoms with Crippen LogP contribution in [0.15, 0.2) is 0 Å². The van der Waals surface area contributed by atoms with E-state index < -0.39 is 0 Å². The zero-order chi connectivity index (χ0) is 14.5. The number of hydrogen-bond acceptors (Lipinski definition) is 3. The third-order valence-electron chi connectivity index (χ3n) is 4.49. The van der Waals surface area contributed by atoms with E-state index in [1.54, 1.807) is 0 Å². The summed E-state index contributed by atoms with van der Waals surface area (Å²) >= 11 is 0. The smallest absolute Gasteiger partial charge is 0.239 e. The first-order valence-corrected chi connectivity index (χ1v) is 7.97. The molecule has 2 saturated heterocycles. The van der Waals surface area contributed by atoms with Crippen molar-refractivity contribution < 1.29 is 9.59 Å². The molecule has 0 aromatic carbocycles. The highest BCUT2D eigenvalue weighted by Gasteiger charge is 2.31. The number of rotatable bonds is 4. The highest BCUT2D eigenvalue weighted by Crippen LogP contribution is 2.22. The molecule has 20 heavy (non-hydrogen) atoms. The first kappa shape index (κ1) is 15.3. The van der Waals surface area contributed by atoms with Crippen molar-refractivity contribution in [3.05, 3.63) is 0 Å². The summed E-state index contributed by atoms with van der Waals surface area (Å²) in [4.78, 5) is 28.0. The lowest BCUT2D eigenvalue weighted by atomic mass is 9.98. The maximum Gasteiger partial charge on any atom is 0.239 e. The lowest BCUT2D eigenvalue weighted by Crippen LogP contribution is -2.52. The summed E-state index contributed by atoms with van der Waals surface area (Å²) in [6, 6.07) is -0.0255. The van der Waals surface area contributed by atoms with E-state index in [9.17, 15) is 9.59 Å². The first-order chi connectivity index (χ1) is 9.63. The molecule has 2 aliphatic rings. The summed E-state index contributed by atoms with van der Waals surface area (Å²) in [6.07, 6.45) is 6.33. The van der Waals surface area contributed by atoms with E-state index in [-0.39, 0.29) is 11.9 Å². The molecule has 5 heteroatoms. The Morgan fingerprint density at radius 1 is 1.30 bits per heavy atom. The highest BCUT2D eigenvalue weighted by molar-refractivity contribution is 5.81. The molecule has 2 heterocycles. The van der Waals surface area contributed by atoms with E-state index in [0.717, 1.165) is 58.2 Å². The van der Waals surface area contributed by atoms with Gasteiger partial charge in [-0.25, -0.2) is 0 Å². The van der Waals surface area contributed by atoms with Crippen molar-refractivity contribution in [3.63, 3.8) is 0 Å². The van der Waals surface area contributed by atoms with Crippen LogP contribution in [0.5, 0.6) is 0 Å². The molecular formula is C15H27N3O2. The molecule has 0 aromatic heterocycles. The second kappa shape index (κ2) is 7.07. The third kappa shape index (κ3) is 3.51. The van der Waals surface area contributed by atoms with Gasteiger partial charge in [-0.1, -0.05) is 13.3 Å². The number of hydrogen-bond donors (Lipinski definition) is 1. The molecule has 0 aliphatic carbocycles. The largest absolute Gasteiger partial charge is 0.341 e.